The highest BCUT2D eigenvalue weighted by molar-refractivity contribution is 6.35. The fraction of sp³-hybridized carbons (Fsp3) is 0.500. The van der Waals surface area contributed by atoms with Crippen molar-refractivity contribution in [3.63, 3.8) is 0 Å². The molecular formula is C18H23ClN4O3. The molecule has 1 aliphatic heterocycles. The van der Waals surface area contributed by atoms with Crippen molar-refractivity contribution in [1.29, 1.82) is 0 Å². The van der Waals surface area contributed by atoms with Crippen LogP contribution in [0.1, 0.15) is 45.6 Å². The number of nitrogens with two attached hydrogens (primary N) is 1. The third kappa shape index (κ3) is 3.41. The van der Waals surface area contributed by atoms with Gasteiger partial charge in [-0.2, -0.15) is 0 Å². The van der Waals surface area contributed by atoms with Crippen molar-refractivity contribution in [3.8, 4) is 0 Å². The molecule has 0 saturated carbocycles. The quantitative estimate of drug-likeness (QED) is 0.867. The second-order valence-electron chi connectivity index (χ2n) is 7.61. The van der Waals surface area contributed by atoms with Crippen molar-refractivity contribution in [2.75, 3.05) is 13.1 Å². The van der Waals surface area contributed by atoms with Crippen molar-refractivity contribution in [2.45, 2.75) is 45.4 Å². The summed E-state index contributed by atoms with van der Waals surface area (Å²) in [4.78, 5) is 31.3. The van der Waals surface area contributed by atoms with Crippen LogP contribution in [0.2, 0.25) is 5.02 Å². The van der Waals surface area contributed by atoms with E-state index in [2.05, 4.69) is 4.98 Å². The minimum atomic E-state index is -0.562. The van der Waals surface area contributed by atoms with Gasteiger partial charge in [0.25, 0.3) is 5.56 Å². The van der Waals surface area contributed by atoms with E-state index in [9.17, 15) is 9.59 Å². The van der Waals surface area contributed by atoms with E-state index in [1.54, 1.807) is 34.6 Å². The summed E-state index contributed by atoms with van der Waals surface area (Å²) in [6.45, 7) is 7.96. The lowest BCUT2D eigenvalue weighted by atomic mass is 10.1. The zero-order valence-corrected chi connectivity index (χ0v) is 16.1. The van der Waals surface area contributed by atoms with Gasteiger partial charge in [0.15, 0.2) is 0 Å². The zero-order chi connectivity index (χ0) is 19.2. The molecule has 2 heterocycles. The van der Waals surface area contributed by atoms with Crippen molar-refractivity contribution in [2.24, 2.45) is 5.73 Å². The number of rotatable bonds is 2. The average molecular weight is 379 g/mol. The fourth-order valence-corrected chi connectivity index (χ4v) is 3.24. The first-order valence-electron chi connectivity index (χ1n) is 8.52. The maximum atomic E-state index is 13.1. The van der Waals surface area contributed by atoms with Gasteiger partial charge in [-0.05, 0) is 39.8 Å². The molecule has 1 atom stereocenters. The molecule has 140 valence electrons. The first kappa shape index (κ1) is 18.7. The Hall–Kier alpha value is -2.12. The minimum absolute atomic E-state index is 0.204. The van der Waals surface area contributed by atoms with Gasteiger partial charge >= 0.3 is 6.09 Å². The van der Waals surface area contributed by atoms with Gasteiger partial charge in [0.1, 0.15) is 11.4 Å². The Morgan fingerprint density at radius 2 is 2.04 bits per heavy atom. The number of likely N-dealkylation sites (tertiary alicyclic amines) is 1. The topological polar surface area (TPSA) is 90.5 Å². The van der Waals surface area contributed by atoms with Crippen molar-refractivity contribution < 1.29 is 9.53 Å². The fourth-order valence-electron chi connectivity index (χ4n) is 2.99. The molecule has 2 N–H and O–H groups in total. The molecule has 1 amide bonds. The summed E-state index contributed by atoms with van der Waals surface area (Å²) in [5.74, 6) is 0.485. The predicted octanol–water partition coefficient (Wildman–Crippen LogP) is 2.86. The highest BCUT2D eigenvalue weighted by Crippen LogP contribution is 2.27. The van der Waals surface area contributed by atoms with Crippen LogP contribution in [0.4, 0.5) is 4.79 Å². The molecule has 0 radical (unpaired) electrons. The highest BCUT2D eigenvalue weighted by atomic mass is 35.5. The molecule has 7 nitrogen and oxygen atoms in total. The van der Waals surface area contributed by atoms with Gasteiger partial charge in [-0.3, -0.25) is 9.36 Å². The van der Waals surface area contributed by atoms with E-state index >= 15 is 0 Å². The summed E-state index contributed by atoms with van der Waals surface area (Å²) in [6.07, 6.45) is -0.393. The molecule has 0 aliphatic carbocycles. The molecule has 1 aliphatic rings. The number of ether oxygens (including phenoxy) is 1. The van der Waals surface area contributed by atoms with Crippen molar-refractivity contribution in [1.82, 2.24) is 14.5 Å². The summed E-state index contributed by atoms with van der Waals surface area (Å²) in [6, 6.07) is 4.52. The Kier molecular flexibility index (Phi) is 4.71. The minimum Gasteiger partial charge on any atom is -0.444 e. The third-order valence-electron chi connectivity index (χ3n) is 4.19. The molecular weight excluding hydrogens is 356 g/mol. The van der Waals surface area contributed by atoms with Gasteiger partial charge in [-0.1, -0.05) is 17.7 Å². The number of fused-ring (bicyclic) bond motifs is 1. The SMILES string of the molecule is C[C@H](N)c1nc2cccc(Cl)c2c(=O)n1C1CN(C(=O)OC(C)(C)C)C1. The number of amides is 1. The van der Waals surface area contributed by atoms with Crippen LogP contribution in [-0.2, 0) is 4.74 Å². The summed E-state index contributed by atoms with van der Waals surface area (Å²) < 4.78 is 6.93. The first-order chi connectivity index (χ1) is 12.1. The smallest absolute Gasteiger partial charge is 0.410 e. The molecule has 0 bridgehead atoms. The third-order valence-corrected chi connectivity index (χ3v) is 4.51. The molecule has 1 saturated heterocycles. The molecule has 0 unspecified atom stereocenters. The van der Waals surface area contributed by atoms with E-state index < -0.39 is 17.7 Å². The number of hydrogen-bond acceptors (Lipinski definition) is 5. The lowest BCUT2D eigenvalue weighted by molar-refractivity contribution is 0.000144. The first-order valence-corrected chi connectivity index (χ1v) is 8.90. The lowest BCUT2D eigenvalue weighted by Crippen LogP contribution is -2.55. The predicted molar refractivity (Wildman–Crippen MR) is 100 cm³/mol. The van der Waals surface area contributed by atoms with Gasteiger partial charge < -0.3 is 15.4 Å². The average Bonchev–Trinajstić information content (AvgIpc) is 2.45. The Morgan fingerprint density at radius 3 is 2.62 bits per heavy atom. The van der Waals surface area contributed by atoms with E-state index in [1.165, 1.54) is 0 Å². The summed E-state index contributed by atoms with van der Waals surface area (Å²) >= 11 is 6.21. The van der Waals surface area contributed by atoms with Crippen LogP contribution >= 0.6 is 11.6 Å². The van der Waals surface area contributed by atoms with Crippen LogP contribution in [0.15, 0.2) is 23.0 Å². The van der Waals surface area contributed by atoms with Crippen LogP contribution in [0.5, 0.6) is 0 Å². The monoisotopic (exact) mass is 378 g/mol. The molecule has 1 aromatic carbocycles. The normalized spacial score (nSPS) is 16.5. The van der Waals surface area contributed by atoms with Gasteiger partial charge in [-0.25, -0.2) is 9.78 Å². The Balaban J connectivity index is 1.95. The summed E-state index contributed by atoms with van der Waals surface area (Å²) in [5.41, 5.74) is 5.77. The second-order valence-corrected chi connectivity index (χ2v) is 8.01. The van der Waals surface area contributed by atoms with E-state index in [0.717, 1.165) is 0 Å². The standard InChI is InChI=1S/C18H23ClN4O3/c1-10(20)15-21-13-7-5-6-12(19)14(13)16(24)23(15)11-8-22(9-11)17(25)26-18(2,3)4/h5-7,10-11H,8-9,20H2,1-4H3/t10-/m0/s1. The van der Waals surface area contributed by atoms with E-state index in [0.29, 0.717) is 34.8 Å². The van der Waals surface area contributed by atoms with E-state index in [-0.39, 0.29) is 11.6 Å². The second kappa shape index (κ2) is 6.55. The Bertz CT molecular complexity index is 911. The maximum absolute atomic E-state index is 13.1. The Morgan fingerprint density at radius 1 is 1.38 bits per heavy atom. The molecule has 3 rings (SSSR count). The van der Waals surface area contributed by atoms with Crippen molar-refractivity contribution in [3.05, 3.63) is 39.4 Å². The van der Waals surface area contributed by atoms with Crippen LogP contribution in [0, 0.1) is 0 Å². The number of carbonyl (C=O) groups is 1. The number of benzene rings is 1. The van der Waals surface area contributed by atoms with Crippen LogP contribution in [0.3, 0.4) is 0 Å². The molecule has 1 aromatic heterocycles. The van der Waals surface area contributed by atoms with E-state index in [1.807, 2.05) is 20.8 Å². The molecule has 26 heavy (non-hydrogen) atoms. The van der Waals surface area contributed by atoms with Gasteiger partial charge in [-0.15, -0.1) is 0 Å². The molecule has 2 aromatic rings. The van der Waals surface area contributed by atoms with Crippen molar-refractivity contribution >= 4 is 28.6 Å². The number of halogens is 1. The molecule has 1 fully saturated rings. The zero-order valence-electron chi connectivity index (χ0n) is 15.3. The number of aromatic nitrogens is 2. The lowest BCUT2D eigenvalue weighted by Gasteiger charge is -2.41. The number of nitrogens with zero attached hydrogens (tertiary/aromatic N) is 3. The molecule has 8 heteroatoms. The van der Waals surface area contributed by atoms with E-state index in [4.69, 9.17) is 22.1 Å². The van der Waals surface area contributed by atoms with Gasteiger partial charge in [0, 0.05) is 13.1 Å². The van der Waals surface area contributed by atoms with Crippen LogP contribution in [-0.4, -0.2) is 39.2 Å². The van der Waals surface area contributed by atoms with Gasteiger partial charge in [0.2, 0.25) is 0 Å². The highest BCUT2D eigenvalue weighted by Gasteiger charge is 2.37. The number of carbonyl (C=O) groups excluding carboxylic acids is 1. The maximum Gasteiger partial charge on any atom is 0.410 e. The van der Waals surface area contributed by atoms with Crippen LogP contribution < -0.4 is 11.3 Å². The Labute approximate surface area is 156 Å². The largest absolute Gasteiger partial charge is 0.444 e. The summed E-state index contributed by atoms with van der Waals surface area (Å²) in [7, 11) is 0. The summed E-state index contributed by atoms with van der Waals surface area (Å²) in [5, 5.41) is 0.725. The molecule has 0 spiro atoms. The van der Waals surface area contributed by atoms with Gasteiger partial charge in [0.05, 0.1) is 28.0 Å². The van der Waals surface area contributed by atoms with Crippen LogP contribution in [0.25, 0.3) is 10.9 Å². The number of hydrogen-bond donors (Lipinski definition) is 1.